The average molecular weight is 276 g/mol. The molecule has 0 aliphatic heterocycles. The van der Waals surface area contributed by atoms with E-state index in [0.29, 0.717) is 12.4 Å². The summed E-state index contributed by atoms with van der Waals surface area (Å²) in [6.07, 6.45) is 5.47. The van der Waals surface area contributed by atoms with Crippen LogP contribution in [0.1, 0.15) is 6.92 Å². The van der Waals surface area contributed by atoms with E-state index in [-0.39, 0.29) is 5.91 Å². The van der Waals surface area contributed by atoms with Gasteiger partial charge < -0.3 is 5.32 Å². The van der Waals surface area contributed by atoms with E-state index < -0.39 is 0 Å². The summed E-state index contributed by atoms with van der Waals surface area (Å²) in [4.78, 5) is 14.0. The highest BCUT2D eigenvalue weighted by Gasteiger charge is 2.10. The van der Waals surface area contributed by atoms with Crippen LogP contribution in [0.3, 0.4) is 0 Å². The van der Waals surface area contributed by atoms with E-state index in [1.807, 2.05) is 30.9 Å². The number of nitrogens with zero attached hydrogens (tertiary/aromatic N) is 5. The van der Waals surface area contributed by atoms with E-state index in [0.717, 1.165) is 19.6 Å². The summed E-state index contributed by atoms with van der Waals surface area (Å²) >= 11 is 0. The van der Waals surface area contributed by atoms with E-state index in [9.17, 15) is 4.79 Å². The van der Waals surface area contributed by atoms with Gasteiger partial charge in [-0.1, -0.05) is 6.92 Å². The normalized spacial score (nSPS) is 10.9. The van der Waals surface area contributed by atoms with Crippen molar-refractivity contribution in [1.29, 1.82) is 0 Å². The van der Waals surface area contributed by atoms with Gasteiger partial charge in [0.25, 0.3) is 0 Å². The van der Waals surface area contributed by atoms with Crippen molar-refractivity contribution < 1.29 is 4.79 Å². The summed E-state index contributed by atoms with van der Waals surface area (Å²) < 4.78 is 3.52. The molecule has 2 rings (SSSR count). The molecule has 1 amide bonds. The van der Waals surface area contributed by atoms with Crippen LogP contribution < -0.4 is 5.32 Å². The first-order valence-corrected chi connectivity index (χ1v) is 6.66. The first-order chi connectivity index (χ1) is 9.67. The number of rotatable bonds is 7. The lowest BCUT2D eigenvalue weighted by atomic mass is 10.4. The second-order valence-corrected chi connectivity index (χ2v) is 4.56. The van der Waals surface area contributed by atoms with E-state index in [1.54, 1.807) is 23.1 Å². The van der Waals surface area contributed by atoms with Crippen LogP contribution in [0.5, 0.6) is 0 Å². The molecule has 0 aliphatic rings. The Hall–Kier alpha value is -2.15. The summed E-state index contributed by atoms with van der Waals surface area (Å²) in [5, 5.41) is 11.1. The third-order valence-electron chi connectivity index (χ3n) is 3.00. The molecule has 2 heterocycles. The summed E-state index contributed by atoms with van der Waals surface area (Å²) in [5.41, 5.74) is 0. The van der Waals surface area contributed by atoms with Crippen molar-refractivity contribution in [3.63, 3.8) is 0 Å². The maximum absolute atomic E-state index is 11.9. The highest BCUT2D eigenvalue weighted by molar-refractivity contribution is 5.91. The molecule has 0 aliphatic carbocycles. The van der Waals surface area contributed by atoms with Crippen molar-refractivity contribution in [2.45, 2.75) is 13.5 Å². The second kappa shape index (κ2) is 6.85. The molecule has 0 aromatic carbocycles. The monoisotopic (exact) mass is 276 g/mol. The summed E-state index contributed by atoms with van der Waals surface area (Å²) in [6, 6.07) is 3.67. The SMILES string of the molecule is CCN(CCn1cccn1)CC(=O)Nc1ccn(C)n1. The molecule has 0 radical (unpaired) electrons. The van der Waals surface area contributed by atoms with Crippen LogP contribution in [0.4, 0.5) is 5.82 Å². The molecule has 0 atom stereocenters. The molecular formula is C13H20N6O. The van der Waals surface area contributed by atoms with Gasteiger partial charge in [-0.2, -0.15) is 10.2 Å². The zero-order chi connectivity index (χ0) is 14.4. The maximum Gasteiger partial charge on any atom is 0.239 e. The van der Waals surface area contributed by atoms with Gasteiger partial charge in [-0.25, -0.2) is 0 Å². The highest BCUT2D eigenvalue weighted by atomic mass is 16.2. The van der Waals surface area contributed by atoms with E-state index in [2.05, 4.69) is 20.4 Å². The van der Waals surface area contributed by atoms with Crippen molar-refractivity contribution in [2.24, 2.45) is 7.05 Å². The van der Waals surface area contributed by atoms with Crippen LogP contribution in [0.25, 0.3) is 0 Å². The molecular weight excluding hydrogens is 256 g/mol. The van der Waals surface area contributed by atoms with Gasteiger partial charge in [-0.3, -0.25) is 19.1 Å². The van der Waals surface area contributed by atoms with Crippen molar-refractivity contribution in [2.75, 3.05) is 25.0 Å². The van der Waals surface area contributed by atoms with Crippen molar-refractivity contribution >= 4 is 11.7 Å². The van der Waals surface area contributed by atoms with Gasteiger partial charge in [0, 0.05) is 38.2 Å². The van der Waals surface area contributed by atoms with Crippen LogP contribution in [-0.4, -0.2) is 50.0 Å². The molecule has 2 aromatic heterocycles. The fourth-order valence-corrected chi connectivity index (χ4v) is 1.89. The van der Waals surface area contributed by atoms with Gasteiger partial charge in [-0.05, 0) is 12.6 Å². The smallest absolute Gasteiger partial charge is 0.239 e. The Morgan fingerprint density at radius 2 is 2.30 bits per heavy atom. The zero-order valence-electron chi connectivity index (χ0n) is 11.9. The minimum absolute atomic E-state index is 0.0500. The zero-order valence-corrected chi connectivity index (χ0v) is 11.9. The van der Waals surface area contributed by atoms with Crippen LogP contribution in [0, 0.1) is 0 Å². The van der Waals surface area contributed by atoms with Gasteiger partial charge in [0.15, 0.2) is 5.82 Å². The minimum atomic E-state index is -0.0500. The number of nitrogens with one attached hydrogen (secondary N) is 1. The van der Waals surface area contributed by atoms with E-state index >= 15 is 0 Å². The largest absolute Gasteiger partial charge is 0.308 e. The fourth-order valence-electron chi connectivity index (χ4n) is 1.89. The number of amides is 1. The fraction of sp³-hybridized carbons (Fsp3) is 0.462. The number of hydrogen-bond acceptors (Lipinski definition) is 4. The maximum atomic E-state index is 11.9. The molecule has 20 heavy (non-hydrogen) atoms. The Bertz CT molecular complexity index is 533. The molecule has 0 saturated heterocycles. The predicted molar refractivity (Wildman–Crippen MR) is 76.2 cm³/mol. The molecule has 7 nitrogen and oxygen atoms in total. The van der Waals surface area contributed by atoms with Crippen LogP contribution >= 0.6 is 0 Å². The van der Waals surface area contributed by atoms with Gasteiger partial charge in [0.05, 0.1) is 13.1 Å². The Balaban J connectivity index is 1.78. The molecule has 0 saturated carbocycles. The molecule has 0 spiro atoms. The summed E-state index contributed by atoms with van der Waals surface area (Å²) in [7, 11) is 1.82. The Morgan fingerprint density at radius 1 is 1.45 bits per heavy atom. The average Bonchev–Trinajstić information content (AvgIpc) is 3.06. The molecule has 7 heteroatoms. The number of aromatic nitrogens is 4. The quantitative estimate of drug-likeness (QED) is 0.803. The number of anilines is 1. The highest BCUT2D eigenvalue weighted by Crippen LogP contribution is 2.01. The van der Waals surface area contributed by atoms with Crippen molar-refractivity contribution in [3.8, 4) is 0 Å². The number of aryl methyl sites for hydroxylation is 1. The topological polar surface area (TPSA) is 68.0 Å². The third kappa shape index (κ3) is 4.20. The standard InChI is InChI=1S/C13H20N6O/c1-3-18(9-10-19-7-4-6-14-19)11-13(20)15-12-5-8-17(2)16-12/h4-8H,3,9-11H2,1-2H3,(H,15,16,20). The molecule has 2 aromatic rings. The number of likely N-dealkylation sites (N-methyl/N-ethyl adjacent to an activating group) is 1. The molecule has 1 N–H and O–H groups in total. The molecule has 108 valence electrons. The first kappa shape index (κ1) is 14.3. The predicted octanol–water partition coefficient (Wildman–Crippen LogP) is 0.577. The molecule has 0 fully saturated rings. The lowest BCUT2D eigenvalue weighted by Gasteiger charge is -2.19. The Labute approximate surface area is 118 Å². The van der Waals surface area contributed by atoms with Gasteiger partial charge in [-0.15, -0.1) is 0 Å². The summed E-state index contributed by atoms with van der Waals surface area (Å²) in [6.45, 7) is 4.77. The Morgan fingerprint density at radius 3 is 2.90 bits per heavy atom. The number of hydrogen-bond donors (Lipinski definition) is 1. The Kier molecular flexibility index (Phi) is 4.89. The molecule has 0 bridgehead atoms. The summed E-state index contributed by atoms with van der Waals surface area (Å²) in [5.74, 6) is 0.534. The lowest BCUT2D eigenvalue weighted by molar-refractivity contribution is -0.117. The number of carbonyl (C=O) groups excluding carboxylic acids is 1. The van der Waals surface area contributed by atoms with Gasteiger partial charge >= 0.3 is 0 Å². The van der Waals surface area contributed by atoms with Gasteiger partial charge in [0.1, 0.15) is 0 Å². The van der Waals surface area contributed by atoms with Crippen molar-refractivity contribution in [3.05, 3.63) is 30.7 Å². The minimum Gasteiger partial charge on any atom is -0.308 e. The van der Waals surface area contributed by atoms with Crippen LogP contribution in [0.2, 0.25) is 0 Å². The molecule has 0 unspecified atom stereocenters. The second-order valence-electron chi connectivity index (χ2n) is 4.56. The van der Waals surface area contributed by atoms with Crippen LogP contribution in [-0.2, 0) is 18.4 Å². The number of carbonyl (C=O) groups is 1. The van der Waals surface area contributed by atoms with E-state index in [4.69, 9.17) is 0 Å². The third-order valence-corrected chi connectivity index (χ3v) is 3.00. The van der Waals surface area contributed by atoms with Crippen LogP contribution in [0.15, 0.2) is 30.7 Å². The van der Waals surface area contributed by atoms with Gasteiger partial charge in [0.2, 0.25) is 5.91 Å². The first-order valence-electron chi connectivity index (χ1n) is 6.66. The van der Waals surface area contributed by atoms with Crippen molar-refractivity contribution in [1.82, 2.24) is 24.5 Å². The lowest BCUT2D eigenvalue weighted by Crippen LogP contribution is -2.35. The van der Waals surface area contributed by atoms with E-state index in [1.165, 1.54) is 0 Å².